The number of aryl methyl sites for hydroxylation is 2. The maximum absolute atomic E-state index is 8.14. The molecule has 0 aliphatic carbocycles. The van der Waals surface area contributed by atoms with Gasteiger partial charge in [0.1, 0.15) is 5.52 Å². The molecule has 0 amide bonds. The molecule has 4 nitrogen and oxygen atoms in total. The van der Waals surface area contributed by atoms with Crippen LogP contribution in [0.4, 0.5) is 0 Å². The lowest BCUT2D eigenvalue weighted by Crippen LogP contribution is -2.33. The Morgan fingerprint density at radius 2 is 2.10 bits per heavy atom. The predicted octanol–water partition coefficient (Wildman–Crippen LogP) is 2.38. The van der Waals surface area contributed by atoms with Crippen LogP contribution in [-0.2, 0) is 20.5 Å². The van der Waals surface area contributed by atoms with E-state index in [2.05, 4.69) is 4.98 Å². The van der Waals surface area contributed by atoms with Gasteiger partial charge < -0.3 is 0 Å². The molecule has 4 heteroatoms. The quantitative estimate of drug-likeness (QED) is 0.400. The van der Waals surface area contributed by atoms with E-state index in [4.69, 9.17) is 8.22 Å². The van der Waals surface area contributed by atoms with Crippen molar-refractivity contribution in [3.05, 3.63) is 48.3 Å². The summed E-state index contributed by atoms with van der Waals surface area (Å²) < 4.78 is 52.9. The summed E-state index contributed by atoms with van der Waals surface area (Å²) in [6.45, 7) is -4.52. The van der Waals surface area contributed by atoms with Crippen LogP contribution in [0.25, 0.3) is 33.5 Å². The molecule has 5 rings (SSSR count). The third-order valence-electron chi connectivity index (χ3n) is 4.25. The van der Waals surface area contributed by atoms with E-state index in [9.17, 15) is 0 Å². The molecule has 1 aliphatic rings. The number of imidazole rings is 1. The Morgan fingerprint density at radius 3 is 3.00 bits per heavy atom. The van der Waals surface area contributed by atoms with Crippen LogP contribution in [0, 0.1) is 0 Å². The summed E-state index contributed by atoms with van der Waals surface area (Å²) in [6, 6.07) is 9.23. The fourth-order valence-corrected chi connectivity index (χ4v) is 3.36. The molecular weight excluding hydrogens is 260 g/mol. The summed E-state index contributed by atoms with van der Waals surface area (Å²) in [6.07, 6.45) is 3.02. The van der Waals surface area contributed by atoms with Crippen molar-refractivity contribution >= 4 is 22.1 Å². The molecule has 1 aromatic carbocycles. The normalized spacial score (nSPS) is 18.5. The van der Waals surface area contributed by atoms with Crippen LogP contribution in [-0.4, -0.2) is 14.1 Å². The SMILES string of the molecule is [2H]C([2H])([2H])n1c2[n+](c3c1c1ccncc1n3C([2H])([2H])[2H])Cc1ccccc1-2. The number of hydrogen-bond acceptors (Lipinski definition) is 1. The molecule has 0 saturated heterocycles. The number of benzene rings is 1. The van der Waals surface area contributed by atoms with Gasteiger partial charge in [-0.25, -0.2) is 4.57 Å². The van der Waals surface area contributed by atoms with E-state index in [0.29, 0.717) is 34.4 Å². The summed E-state index contributed by atoms with van der Waals surface area (Å²) in [4.78, 5) is 4.06. The van der Waals surface area contributed by atoms with Gasteiger partial charge in [0.25, 0.3) is 5.65 Å². The lowest BCUT2D eigenvalue weighted by atomic mass is 10.1. The summed E-state index contributed by atoms with van der Waals surface area (Å²) in [5.74, 6) is 0.507. The zero-order valence-corrected chi connectivity index (χ0v) is 11.0. The molecular formula is C17H15N4+. The second-order valence-electron chi connectivity index (χ2n) is 5.30. The van der Waals surface area contributed by atoms with Gasteiger partial charge in [0.15, 0.2) is 5.52 Å². The van der Waals surface area contributed by atoms with Crippen molar-refractivity contribution < 1.29 is 12.8 Å². The van der Waals surface area contributed by atoms with Gasteiger partial charge in [-0.1, -0.05) is 18.2 Å². The molecule has 0 unspecified atom stereocenters. The maximum atomic E-state index is 8.14. The first-order valence-corrected chi connectivity index (χ1v) is 6.71. The van der Waals surface area contributed by atoms with Crippen LogP contribution in [0.5, 0.6) is 0 Å². The monoisotopic (exact) mass is 281 g/mol. The van der Waals surface area contributed by atoms with Crippen LogP contribution in [0.1, 0.15) is 13.8 Å². The van der Waals surface area contributed by atoms with Gasteiger partial charge in [-0.15, -0.1) is 0 Å². The molecule has 1 aliphatic heterocycles. The van der Waals surface area contributed by atoms with Crippen LogP contribution in [0.15, 0.2) is 42.7 Å². The standard InChI is InChI=1S/C17H15N4/c1-19-14-9-18-8-7-13(14)15-17(19)21-10-11-5-3-4-6-12(11)16(21)20(15)2/h3-9H,10H2,1-2H3/q+1/i1D3,2D3. The smallest absolute Gasteiger partial charge is 0.261 e. The minimum Gasteiger partial charge on any atom is -0.261 e. The van der Waals surface area contributed by atoms with Gasteiger partial charge in [0.2, 0.25) is 5.82 Å². The van der Waals surface area contributed by atoms with Crippen molar-refractivity contribution in [3.8, 4) is 11.4 Å². The number of pyridine rings is 1. The largest absolute Gasteiger partial charge is 0.269 e. The van der Waals surface area contributed by atoms with Gasteiger partial charge in [-0.2, -0.15) is 0 Å². The summed E-state index contributed by atoms with van der Waals surface area (Å²) in [5.41, 5.74) is 2.94. The molecule has 102 valence electrons. The van der Waals surface area contributed by atoms with Crippen LogP contribution >= 0.6 is 0 Å². The zero-order valence-electron chi connectivity index (χ0n) is 17.0. The molecule has 21 heavy (non-hydrogen) atoms. The number of aromatic nitrogens is 4. The second kappa shape index (κ2) is 3.52. The minimum atomic E-state index is -2.47. The highest BCUT2D eigenvalue weighted by molar-refractivity contribution is 6.04. The van der Waals surface area contributed by atoms with E-state index < -0.39 is 14.0 Å². The van der Waals surface area contributed by atoms with Crippen molar-refractivity contribution in [2.24, 2.45) is 14.0 Å². The zero-order chi connectivity index (χ0) is 19.1. The lowest BCUT2D eigenvalue weighted by Gasteiger charge is -1.97. The Kier molecular flexibility index (Phi) is 1.16. The molecule has 4 heterocycles. The van der Waals surface area contributed by atoms with Crippen molar-refractivity contribution in [2.75, 3.05) is 0 Å². The van der Waals surface area contributed by atoms with E-state index in [1.807, 2.05) is 24.3 Å². The first-order valence-electron chi connectivity index (χ1n) is 9.71. The third-order valence-corrected chi connectivity index (χ3v) is 4.25. The van der Waals surface area contributed by atoms with Crippen molar-refractivity contribution in [2.45, 2.75) is 6.54 Å². The Bertz CT molecular complexity index is 1230. The van der Waals surface area contributed by atoms with Gasteiger partial charge in [-0.05, 0) is 12.1 Å². The lowest BCUT2D eigenvalue weighted by molar-refractivity contribution is -0.648. The molecule has 0 bridgehead atoms. The average molecular weight is 281 g/mol. The maximum Gasteiger partial charge on any atom is 0.269 e. The van der Waals surface area contributed by atoms with E-state index >= 15 is 0 Å². The van der Waals surface area contributed by atoms with Gasteiger partial charge >= 0.3 is 0 Å². The van der Waals surface area contributed by atoms with Crippen LogP contribution in [0.2, 0.25) is 0 Å². The first-order chi connectivity index (χ1) is 12.7. The van der Waals surface area contributed by atoms with Gasteiger partial charge in [0.05, 0.1) is 45.9 Å². The minimum absolute atomic E-state index is 0.375. The van der Waals surface area contributed by atoms with Crippen molar-refractivity contribution in [3.63, 3.8) is 0 Å². The molecule has 3 aromatic heterocycles. The number of hydrogen-bond donors (Lipinski definition) is 0. The number of rotatable bonds is 0. The Morgan fingerprint density at radius 1 is 1.19 bits per heavy atom. The van der Waals surface area contributed by atoms with Gasteiger partial charge in [0, 0.05) is 11.8 Å². The molecule has 0 atom stereocenters. The number of fused-ring (bicyclic) bond motifs is 7. The predicted molar refractivity (Wildman–Crippen MR) is 81.9 cm³/mol. The average Bonchev–Trinajstić information content (AvgIpc) is 3.19. The van der Waals surface area contributed by atoms with Crippen LogP contribution < -0.4 is 4.57 Å². The first kappa shape index (κ1) is 6.89. The second-order valence-corrected chi connectivity index (χ2v) is 5.30. The van der Waals surface area contributed by atoms with Gasteiger partial charge in [-0.3, -0.25) is 14.1 Å². The highest BCUT2D eigenvalue weighted by Gasteiger charge is 2.34. The van der Waals surface area contributed by atoms with Crippen molar-refractivity contribution in [1.29, 1.82) is 0 Å². The van der Waals surface area contributed by atoms with E-state index in [1.54, 1.807) is 16.8 Å². The topological polar surface area (TPSA) is 26.6 Å². The van der Waals surface area contributed by atoms with E-state index in [0.717, 1.165) is 11.1 Å². The van der Waals surface area contributed by atoms with Crippen molar-refractivity contribution in [1.82, 2.24) is 14.1 Å². The molecule has 0 fully saturated rings. The molecule has 0 N–H and O–H groups in total. The molecule has 0 spiro atoms. The summed E-state index contributed by atoms with van der Waals surface area (Å²) in [7, 11) is 0. The third kappa shape index (κ3) is 1.17. The highest BCUT2D eigenvalue weighted by atomic mass is 15.2. The van der Waals surface area contributed by atoms with E-state index in [1.165, 1.54) is 15.3 Å². The fraction of sp³-hybridized carbons (Fsp3) is 0.176. The summed E-state index contributed by atoms with van der Waals surface area (Å²) >= 11 is 0. The summed E-state index contributed by atoms with van der Waals surface area (Å²) in [5, 5.41) is 0.562. The fourth-order valence-electron chi connectivity index (χ4n) is 3.36. The molecule has 0 radical (unpaired) electrons. The molecule has 4 aromatic rings. The number of nitrogens with zero attached hydrogens (tertiary/aromatic N) is 4. The highest BCUT2D eigenvalue weighted by Crippen LogP contribution is 2.34. The molecule has 0 saturated carbocycles. The Balaban J connectivity index is 2.07. The Labute approximate surface area is 130 Å². The van der Waals surface area contributed by atoms with Crippen LogP contribution in [0.3, 0.4) is 0 Å². The Hall–Kier alpha value is -2.62. The van der Waals surface area contributed by atoms with E-state index in [-0.39, 0.29) is 0 Å².